The van der Waals surface area contributed by atoms with Crippen LogP contribution in [0.1, 0.15) is 12.8 Å². The summed E-state index contributed by atoms with van der Waals surface area (Å²) in [6, 6.07) is 10.4. The highest BCUT2D eigenvalue weighted by atomic mass is 35.5. The maximum absolute atomic E-state index is 12.8. The molecule has 0 unspecified atom stereocenters. The van der Waals surface area contributed by atoms with Crippen molar-refractivity contribution in [2.45, 2.75) is 23.8 Å². The van der Waals surface area contributed by atoms with Crippen LogP contribution in [0.3, 0.4) is 0 Å². The molecule has 2 aromatic rings. The molecule has 0 saturated carbocycles. The molecule has 1 N–H and O–H groups in total. The average Bonchev–Trinajstić information content (AvgIpc) is 3.28. The van der Waals surface area contributed by atoms with Crippen LogP contribution in [0.15, 0.2) is 47.4 Å². The highest BCUT2D eigenvalue weighted by Crippen LogP contribution is 2.37. The maximum atomic E-state index is 12.8. The van der Waals surface area contributed by atoms with Crippen molar-refractivity contribution in [2.75, 3.05) is 35.5 Å². The largest absolute Gasteiger partial charge is 0.476 e. The third-order valence-electron chi connectivity index (χ3n) is 5.31. The molecule has 2 aliphatic heterocycles. The molecule has 0 aromatic heterocycles. The highest BCUT2D eigenvalue weighted by Gasteiger charge is 2.35. The minimum atomic E-state index is -3.68. The van der Waals surface area contributed by atoms with Gasteiger partial charge in [0.2, 0.25) is 20.0 Å². The molecule has 0 spiro atoms. The Balaban J connectivity index is 1.51. The summed E-state index contributed by atoms with van der Waals surface area (Å²) in [7, 11) is -7.24. The lowest BCUT2D eigenvalue weighted by Crippen LogP contribution is -2.48. The number of fused-ring (bicyclic) bond motifs is 1. The number of rotatable bonds is 5. The monoisotopic (exact) mass is 499 g/mol. The summed E-state index contributed by atoms with van der Waals surface area (Å²) >= 11 is 5.98. The Labute approximate surface area is 192 Å². The Morgan fingerprint density at radius 2 is 1.72 bits per heavy atom. The molecule has 32 heavy (non-hydrogen) atoms. The third kappa shape index (κ3) is 4.56. The number of nitrogens with one attached hydrogen (secondary N) is 1. The number of hydrogen-bond donors (Lipinski definition) is 1. The number of ether oxygens (including phenoxy) is 1. The molecule has 1 atom stereocenters. The Morgan fingerprint density at radius 3 is 2.34 bits per heavy atom. The van der Waals surface area contributed by atoms with Crippen LogP contribution in [0, 0.1) is 0 Å². The molecular formula is C20H22ClN3O6S2. The minimum absolute atomic E-state index is 0.153. The van der Waals surface area contributed by atoms with E-state index in [1.54, 1.807) is 6.07 Å². The zero-order valence-electron chi connectivity index (χ0n) is 17.2. The van der Waals surface area contributed by atoms with Crippen LogP contribution >= 0.6 is 11.6 Å². The molecule has 0 radical (unpaired) electrons. The molecule has 12 heteroatoms. The van der Waals surface area contributed by atoms with E-state index < -0.39 is 32.1 Å². The van der Waals surface area contributed by atoms with E-state index in [1.165, 1.54) is 40.7 Å². The second-order valence-electron chi connectivity index (χ2n) is 7.64. The fourth-order valence-corrected chi connectivity index (χ4v) is 6.28. The fourth-order valence-electron chi connectivity index (χ4n) is 3.69. The van der Waals surface area contributed by atoms with Gasteiger partial charge in [0.15, 0.2) is 6.10 Å². The number of hydrogen-bond acceptors (Lipinski definition) is 6. The van der Waals surface area contributed by atoms with Gasteiger partial charge in [0.25, 0.3) is 5.91 Å². The zero-order valence-corrected chi connectivity index (χ0v) is 19.6. The Bertz CT molecular complexity index is 1240. The summed E-state index contributed by atoms with van der Waals surface area (Å²) in [4.78, 5) is 13.0. The summed E-state index contributed by atoms with van der Waals surface area (Å²) in [6.07, 6.45) is 1.62. The van der Waals surface area contributed by atoms with E-state index in [-0.39, 0.29) is 22.9 Å². The Hall–Kier alpha value is -2.34. The van der Waals surface area contributed by atoms with Gasteiger partial charge in [0.05, 0.1) is 23.4 Å². The predicted octanol–water partition coefficient (Wildman–Crippen LogP) is 2.29. The van der Waals surface area contributed by atoms with Gasteiger partial charge in [0, 0.05) is 23.8 Å². The van der Waals surface area contributed by atoms with Crippen molar-refractivity contribution in [3.8, 4) is 5.75 Å². The number of carbonyl (C=O) groups is 1. The predicted molar refractivity (Wildman–Crippen MR) is 121 cm³/mol. The van der Waals surface area contributed by atoms with Gasteiger partial charge < -0.3 is 10.1 Å². The molecule has 9 nitrogen and oxygen atoms in total. The van der Waals surface area contributed by atoms with Gasteiger partial charge in [-0.05, 0) is 55.3 Å². The molecule has 2 aliphatic rings. The van der Waals surface area contributed by atoms with Crippen molar-refractivity contribution < 1.29 is 26.4 Å². The molecule has 1 amide bonds. The van der Waals surface area contributed by atoms with Gasteiger partial charge in [-0.1, -0.05) is 11.6 Å². The van der Waals surface area contributed by atoms with Crippen molar-refractivity contribution >= 4 is 48.9 Å². The second kappa shape index (κ2) is 8.54. The van der Waals surface area contributed by atoms with Crippen LogP contribution in [0.2, 0.25) is 5.02 Å². The fraction of sp³-hybridized carbons (Fsp3) is 0.350. The van der Waals surface area contributed by atoms with E-state index in [1.807, 2.05) is 0 Å². The number of anilines is 2. The van der Waals surface area contributed by atoms with E-state index in [0.717, 1.165) is 23.4 Å². The third-order valence-corrected chi connectivity index (χ3v) is 8.60. The van der Waals surface area contributed by atoms with E-state index in [9.17, 15) is 21.6 Å². The standard InChI is InChI=1S/C20H22ClN3O6S2/c1-31(26,27)24-13-19(30-18-9-4-14(21)12-17(18)24)20(25)22-15-5-7-16(8-6-15)32(28,29)23-10-2-3-11-23/h4-9,12,19H,2-3,10-11,13H2,1H3,(H,22,25)/t19-/m0/s1. The van der Waals surface area contributed by atoms with Crippen molar-refractivity contribution in [3.63, 3.8) is 0 Å². The molecular weight excluding hydrogens is 478 g/mol. The lowest BCUT2D eigenvalue weighted by molar-refractivity contribution is -0.122. The first-order chi connectivity index (χ1) is 15.1. The quantitative estimate of drug-likeness (QED) is 0.675. The van der Waals surface area contributed by atoms with E-state index >= 15 is 0 Å². The molecule has 0 bridgehead atoms. The minimum Gasteiger partial charge on any atom is -0.476 e. The summed E-state index contributed by atoms with van der Waals surface area (Å²) in [5.74, 6) is -0.340. The molecule has 1 fully saturated rings. The van der Waals surface area contributed by atoms with Crippen molar-refractivity contribution in [2.24, 2.45) is 0 Å². The maximum Gasteiger partial charge on any atom is 0.267 e. The van der Waals surface area contributed by atoms with E-state index in [2.05, 4.69) is 5.32 Å². The van der Waals surface area contributed by atoms with Gasteiger partial charge in [0.1, 0.15) is 5.75 Å². The normalized spacial score (nSPS) is 19.3. The molecule has 0 aliphatic carbocycles. The van der Waals surface area contributed by atoms with Crippen molar-refractivity contribution in [3.05, 3.63) is 47.5 Å². The lowest BCUT2D eigenvalue weighted by Gasteiger charge is -2.34. The first-order valence-corrected chi connectivity index (χ1v) is 13.6. The number of halogens is 1. The van der Waals surface area contributed by atoms with Crippen LogP contribution in [0.4, 0.5) is 11.4 Å². The zero-order chi connectivity index (χ0) is 23.1. The van der Waals surface area contributed by atoms with Crippen LogP contribution in [-0.2, 0) is 24.8 Å². The average molecular weight is 500 g/mol. The van der Waals surface area contributed by atoms with Crippen LogP contribution in [-0.4, -0.2) is 59.0 Å². The molecule has 2 aromatic carbocycles. The number of nitrogens with zero attached hydrogens (tertiary/aromatic N) is 2. The van der Waals surface area contributed by atoms with Gasteiger partial charge >= 0.3 is 0 Å². The number of sulfonamides is 2. The van der Waals surface area contributed by atoms with Gasteiger partial charge in [-0.2, -0.15) is 4.31 Å². The van der Waals surface area contributed by atoms with Crippen LogP contribution in [0.25, 0.3) is 0 Å². The van der Waals surface area contributed by atoms with Gasteiger partial charge in [-0.3, -0.25) is 9.10 Å². The smallest absolute Gasteiger partial charge is 0.267 e. The van der Waals surface area contributed by atoms with E-state index in [4.69, 9.17) is 16.3 Å². The summed E-state index contributed by atoms with van der Waals surface area (Å²) in [6.45, 7) is 0.784. The molecule has 1 saturated heterocycles. The number of benzene rings is 2. The molecule has 2 heterocycles. The van der Waals surface area contributed by atoms with Gasteiger partial charge in [-0.15, -0.1) is 0 Å². The Kier molecular flexibility index (Phi) is 6.10. The first kappa shape index (κ1) is 22.8. The van der Waals surface area contributed by atoms with Crippen LogP contribution < -0.4 is 14.4 Å². The number of amides is 1. The van der Waals surface area contributed by atoms with Crippen LogP contribution in [0.5, 0.6) is 5.75 Å². The first-order valence-electron chi connectivity index (χ1n) is 9.91. The van der Waals surface area contributed by atoms with E-state index in [0.29, 0.717) is 23.8 Å². The van der Waals surface area contributed by atoms with Gasteiger partial charge in [-0.25, -0.2) is 16.8 Å². The summed E-state index contributed by atoms with van der Waals surface area (Å²) in [5, 5.41) is 2.99. The summed E-state index contributed by atoms with van der Waals surface area (Å²) in [5.41, 5.74) is 0.632. The second-order valence-corrected chi connectivity index (χ2v) is 11.9. The molecule has 172 valence electrons. The number of carbonyl (C=O) groups excluding carboxylic acids is 1. The van der Waals surface area contributed by atoms with Crippen molar-refractivity contribution in [1.82, 2.24) is 4.31 Å². The molecule has 4 rings (SSSR count). The SMILES string of the molecule is CS(=O)(=O)N1C[C@@H](C(=O)Nc2ccc(S(=O)(=O)N3CCCC3)cc2)Oc2ccc(Cl)cc21. The summed E-state index contributed by atoms with van der Waals surface area (Å²) < 4.78 is 58.0. The lowest BCUT2D eigenvalue weighted by atomic mass is 10.2. The topological polar surface area (TPSA) is 113 Å². The Morgan fingerprint density at radius 1 is 1.06 bits per heavy atom. The van der Waals surface area contributed by atoms with Crippen molar-refractivity contribution in [1.29, 1.82) is 0 Å². The highest BCUT2D eigenvalue weighted by molar-refractivity contribution is 7.92.